The van der Waals surface area contributed by atoms with Crippen LogP contribution in [0.2, 0.25) is 0 Å². The van der Waals surface area contributed by atoms with Gasteiger partial charge in [-0.05, 0) is 62.6 Å². The van der Waals surface area contributed by atoms with E-state index in [0.29, 0.717) is 12.4 Å². The molecule has 28 heavy (non-hydrogen) atoms. The van der Waals surface area contributed by atoms with Gasteiger partial charge >= 0.3 is 5.97 Å². The molecule has 0 spiro atoms. The van der Waals surface area contributed by atoms with E-state index in [1.807, 2.05) is 12.1 Å². The molecule has 1 saturated carbocycles. The summed E-state index contributed by atoms with van der Waals surface area (Å²) in [5.74, 6) is 0.490. The van der Waals surface area contributed by atoms with Gasteiger partial charge in [-0.2, -0.15) is 0 Å². The fraction of sp³-hybridized carbons (Fsp3) is 0.625. The van der Waals surface area contributed by atoms with Crippen molar-refractivity contribution in [3.05, 3.63) is 35.4 Å². The predicted molar refractivity (Wildman–Crippen MR) is 111 cm³/mol. The average molecular weight is 384 g/mol. The van der Waals surface area contributed by atoms with Crippen LogP contribution in [0.4, 0.5) is 0 Å². The zero-order valence-electron chi connectivity index (χ0n) is 17.1. The lowest BCUT2D eigenvalue weighted by molar-refractivity contribution is -0.144. The van der Waals surface area contributed by atoms with Crippen LogP contribution >= 0.6 is 0 Å². The highest BCUT2D eigenvalue weighted by atomic mass is 16.5. The van der Waals surface area contributed by atoms with Crippen LogP contribution in [0.5, 0.6) is 5.75 Å². The van der Waals surface area contributed by atoms with Crippen molar-refractivity contribution >= 4 is 12.0 Å². The smallest absolute Gasteiger partial charge is 0.314 e. The maximum atomic E-state index is 12.5. The molecule has 0 bridgehead atoms. The quantitative estimate of drug-likeness (QED) is 0.539. The van der Waals surface area contributed by atoms with Gasteiger partial charge in [0.25, 0.3) is 0 Å². The van der Waals surface area contributed by atoms with Crippen molar-refractivity contribution in [2.45, 2.75) is 70.4 Å². The lowest BCUT2D eigenvalue weighted by Crippen LogP contribution is -2.43. The Hall–Kier alpha value is -1.65. The Bertz CT molecular complexity index is 682. The normalized spacial score (nSPS) is 26.5. The second-order valence-corrected chi connectivity index (χ2v) is 8.54. The van der Waals surface area contributed by atoms with Gasteiger partial charge in [-0.3, -0.25) is 9.69 Å². The van der Waals surface area contributed by atoms with Crippen LogP contribution in [0.25, 0.3) is 6.08 Å². The molecule has 4 heteroatoms. The number of esters is 1. The van der Waals surface area contributed by atoms with E-state index in [2.05, 4.69) is 30.0 Å². The molecule has 1 aliphatic carbocycles. The Labute approximate surface area is 168 Å². The standard InChI is InChI=1S/C24H33NO3/c1-2-22-17-20(12-15-27-22)24(26)28-23-8-6-18(7-9-23)16-19-10-13-25(14-11-19)21-4-3-5-21/h6-9,16,20-22H,2-5,10-15,17H2,1H3. The first-order valence-electron chi connectivity index (χ1n) is 11.1. The fourth-order valence-corrected chi connectivity index (χ4v) is 4.52. The highest BCUT2D eigenvalue weighted by molar-refractivity contribution is 5.75. The monoisotopic (exact) mass is 383 g/mol. The number of rotatable bonds is 5. The summed E-state index contributed by atoms with van der Waals surface area (Å²) in [5.41, 5.74) is 2.73. The van der Waals surface area contributed by atoms with Gasteiger partial charge in [-0.1, -0.05) is 37.1 Å². The first kappa shape index (κ1) is 19.7. The minimum Gasteiger partial charge on any atom is -0.426 e. The average Bonchev–Trinajstić information content (AvgIpc) is 2.69. The third-order valence-electron chi connectivity index (χ3n) is 6.66. The van der Waals surface area contributed by atoms with Crippen LogP contribution < -0.4 is 4.74 Å². The van der Waals surface area contributed by atoms with E-state index in [-0.39, 0.29) is 18.0 Å². The Morgan fingerprint density at radius 2 is 1.93 bits per heavy atom. The molecule has 3 fully saturated rings. The number of carbonyl (C=O) groups excluding carboxylic acids is 1. The number of nitrogens with zero attached hydrogens (tertiary/aromatic N) is 1. The summed E-state index contributed by atoms with van der Waals surface area (Å²) in [5, 5.41) is 0. The Morgan fingerprint density at radius 3 is 2.57 bits per heavy atom. The second-order valence-electron chi connectivity index (χ2n) is 8.54. The lowest BCUT2D eigenvalue weighted by atomic mass is 9.89. The second kappa shape index (κ2) is 9.23. The van der Waals surface area contributed by atoms with E-state index < -0.39 is 0 Å². The molecule has 2 atom stereocenters. The number of hydrogen-bond donors (Lipinski definition) is 0. The van der Waals surface area contributed by atoms with Gasteiger partial charge in [0.2, 0.25) is 0 Å². The van der Waals surface area contributed by atoms with E-state index in [1.54, 1.807) is 0 Å². The van der Waals surface area contributed by atoms with Gasteiger partial charge < -0.3 is 9.47 Å². The van der Waals surface area contributed by atoms with Gasteiger partial charge in [0.05, 0.1) is 12.0 Å². The number of ether oxygens (including phenoxy) is 2. The predicted octanol–water partition coefficient (Wildman–Crippen LogP) is 4.83. The molecule has 2 aliphatic heterocycles. The highest BCUT2D eigenvalue weighted by Gasteiger charge is 2.29. The Balaban J connectivity index is 1.28. The molecule has 2 saturated heterocycles. The minimum atomic E-state index is -0.115. The molecule has 2 unspecified atom stereocenters. The van der Waals surface area contributed by atoms with Crippen molar-refractivity contribution in [3.63, 3.8) is 0 Å². The molecule has 2 heterocycles. The number of benzene rings is 1. The molecule has 1 aromatic carbocycles. The van der Waals surface area contributed by atoms with E-state index in [1.165, 1.54) is 56.3 Å². The van der Waals surface area contributed by atoms with Crippen LogP contribution in [0, 0.1) is 5.92 Å². The molecular formula is C24H33NO3. The largest absolute Gasteiger partial charge is 0.426 e. The maximum absolute atomic E-state index is 12.5. The van der Waals surface area contributed by atoms with Crippen LogP contribution in [-0.2, 0) is 9.53 Å². The SMILES string of the molecule is CCC1CC(C(=O)Oc2ccc(C=C3CCN(C4CCC4)CC3)cc2)CCO1. The summed E-state index contributed by atoms with van der Waals surface area (Å²) in [6, 6.07) is 8.83. The summed E-state index contributed by atoms with van der Waals surface area (Å²) < 4.78 is 11.3. The van der Waals surface area contributed by atoms with Crippen LogP contribution in [0.3, 0.4) is 0 Å². The van der Waals surface area contributed by atoms with Gasteiger partial charge in [0, 0.05) is 25.7 Å². The number of likely N-dealkylation sites (tertiary alicyclic amines) is 1. The molecule has 152 valence electrons. The molecule has 4 rings (SSSR count). The van der Waals surface area contributed by atoms with Gasteiger partial charge in [-0.25, -0.2) is 0 Å². The molecule has 0 amide bonds. The van der Waals surface area contributed by atoms with Crippen molar-refractivity contribution in [1.29, 1.82) is 0 Å². The van der Waals surface area contributed by atoms with E-state index in [4.69, 9.17) is 9.47 Å². The zero-order valence-corrected chi connectivity index (χ0v) is 17.1. The maximum Gasteiger partial charge on any atom is 0.314 e. The molecule has 0 N–H and O–H groups in total. The molecule has 4 nitrogen and oxygen atoms in total. The lowest BCUT2D eigenvalue weighted by Gasteiger charge is -2.40. The topological polar surface area (TPSA) is 38.8 Å². The number of carbonyl (C=O) groups is 1. The van der Waals surface area contributed by atoms with E-state index >= 15 is 0 Å². The van der Waals surface area contributed by atoms with Crippen molar-refractivity contribution in [3.8, 4) is 5.75 Å². The first-order chi connectivity index (χ1) is 13.7. The Kier molecular flexibility index (Phi) is 6.48. The van der Waals surface area contributed by atoms with Crippen molar-refractivity contribution in [2.75, 3.05) is 19.7 Å². The number of piperidine rings is 1. The van der Waals surface area contributed by atoms with E-state index in [0.717, 1.165) is 25.3 Å². The summed E-state index contributed by atoms with van der Waals surface area (Å²) in [4.78, 5) is 15.1. The van der Waals surface area contributed by atoms with E-state index in [9.17, 15) is 4.79 Å². The molecular weight excluding hydrogens is 350 g/mol. The third-order valence-corrected chi connectivity index (χ3v) is 6.66. The zero-order chi connectivity index (χ0) is 19.3. The molecule has 0 aromatic heterocycles. The molecule has 0 radical (unpaired) electrons. The van der Waals surface area contributed by atoms with Crippen LogP contribution in [0.1, 0.15) is 63.9 Å². The van der Waals surface area contributed by atoms with Crippen molar-refractivity contribution in [1.82, 2.24) is 4.90 Å². The Morgan fingerprint density at radius 1 is 1.18 bits per heavy atom. The summed E-state index contributed by atoms with van der Waals surface area (Å²) in [6.07, 6.45) is 11.5. The summed E-state index contributed by atoms with van der Waals surface area (Å²) in [7, 11) is 0. The van der Waals surface area contributed by atoms with Crippen molar-refractivity contribution in [2.24, 2.45) is 5.92 Å². The summed E-state index contributed by atoms with van der Waals surface area (Å²) in [6.45, 7) is 5.16. The molecule has 3 aliphatic rings. The fourth-order valence-electron chi connectivity index (χ4n) is 4.52. The van der Waals surface area contributed by atoms with Gasteiger partial charge in [-0.15, -0.1) is 0 Å². The minimum absolute atomic E-state index is 0.0404. The molecule has 1 aromatic rings. The van der Waals surface area contributed by atoms with Gasteiger partial charge in [0.15, 0.2) is 0 Å². The first-order valence-corrected chi connectivity index (χ1v) is 11.1. The van der Waals surface area contributed by atoms with Gasteiger partial charge in [0.1, 0.15) is 5.75 Å². The highest BCUT2D eigenvalue weighted by Crippen LogP contribution is 2.30. The third kappa shape index (κ3) is 4.84. The van der Waals surface area contributed by atoms with Crippen LogP contribution in [0.15, 0.2) is 29.8 Å². The summed E-state index contributed by atoms with van der Waals surface area (Å²) >= 11 is 0. The van der Waals surface area contributed by atoms with Crippen LogP contribution in [-0.4, -0.2) is 42.7 Å². The van der Waals surface area contributed by atoms with Crippen molar-refractivity contribution < 1.29 is 14.3 Å². The number of hydrogen-bond acceptors (Lipinski definition) is 4.